The number of rotatable bonds is 5. The zero-order valence-electron chi connectivity index (χ0n) is 17.7. The number of aromatic nitrogens is 3. The number of anilines is 1. The van der Waals surface area contributed by atoms with E-state index in [2.05, 4.69) is 54.5 Å². The highest BCUT2D eigenvalue weighted by atomic mass is 32.2. The minimum Gasteiger partial charge on any atom is -0.337 e. The number of carbonyl (C=O) groups excluding carboxylic acids is 1. The number of hydrogen-bond donors (Lipinski definition) is 2. The fourth-order valence-corrected chi connectivity index (χ4v) is 4.86. The standard InChI is InChI=1S/C23H27N5OS/c1-16-6-7-17(2)20(15-16)30-23-19(5-4-11-24-23)22(29)26-21-8-12-25-28(21)18-9-13-27(3)14-10-18/h4-8,11-12,15,18H,9-10,13-14H2,1-3H3,(H,26,29)/p+1. The number of benzene rings is 1. The van der Waals surface area contributed by atoms with Gasteiger partial charge in [0.15, 0.2) is 0 Å². The van der Waals surface area contributed by atoms with E-state index in [4.69, 9.17) is 0 Å². The molecule has 0 unspecified atom stereocenters. The first-order valence-electron chi connectivity index (χ1n) is 10.4. The molecule has 2 aromatic heterocycles. The lowest BCUT2D eigenvalue weighted by Crippen LogP contribution is -3.10. The highest BCUT2D eigenvalue weighted by Crippen LogP contribution is 2.32. The van der Waals surface area contributed by atoms with Crippen LogP contribution in [0.15, 0.2) is 58.7 Å². The molecule has 0 saturated carbocycles. The van der Waals surface area contributed by atoms with Gasteiger partial charge in [-0.1, -0.05) is 23.9 Å². The Morgan fingerprint density at radius 3 is 2.77 bits per heavy atom. The summed E-state index contributed by atoms with van der Waals surface area (Å²) >= 11 is 1.53. The van der Waals surface area contributed by atoms with Crippen molar-refractivity contribution in [3.8, 4) is 0 Å². The molecule has 4 rings (SSSR count). The Morgan fingerprint density at radius 2 is 1.97 bits per heavy atom. The summed E-state index contributed by atoms with van der Waals surface area (Å²) in [6.07, 6.45) is 5.62. The minimum absolute atomic E-state index is 0.156. The summed E-state index contributed by atoms with van der Waals surface area (Å²) in [5.41, 5.74) is 2.93. The van der Waals surface area contributed by atoms with Gasteiger partial charge >= 0.3 is 0 Å². The molecule has 156 valence electrons. The maximum Gasteiger partial charge on any atom is 0.259 e. The van der Waals surface area contributed by atoms with Gasteiger partial charge < -0.3 is 10.2 Å². The first-order valence-corrected chi connectivity index (χ1v) is 11.2. The van der Waals surface area contributed by atoms with Crippen LogP contribution in [0.4, 0.5) is 5.82 Å². The number of aryl methyl sites for hydroxylation is 2. The lowest BCUT2D eigenvalue weighted by Gasteiger charge is -2.27. The number of pyridine rings is 1. The number of piperidine rings is 1. The summed E-state index contributed by atoms with van der Waals surface area (Å²) in [7, 11) is 2.22. The molecule has 0 radical (unpaired) electrons. The smallest absolute Gasteiger partial charge is 0.259 e. The highest BCUT2D eigenvalue weighted by molar-refractivity contribution is 7.99. The molecule has 1 saturated heterocycles. The lowest BCUT2D eigenvalue weighted by molar-refractivity contribution is -0.885. The van der Waals surface area contributed by atoms with Crippen LogP contribution >= 0.6 is 11.8 Å². The number of hydrogen-bond acceptors (Lipinski definition) is 4. The van der Waals surface area contributed by atoms with Gasteiger partial charge in [-0.05, 0) is 43.2 Å². The molecular weight excluding hydrogens is 394 g/mol. The zero-order chi connectivity index (χ0) is 21.1. The summed E-state index contributed by atoms with van der Waals surface area (Å²) in [5, 5.41) is 8.27. The molecule has 3 aromatic rings. The van der Waals surface area contributed by atoms with Gasteiger partial charge in [-0.25, -0.2) is 9.67 Å². The molecule has 2 N–H and O–H groups in total. The molecule has 7 heteroatoms. The van der Waals surface area contributed by atoms with Crippen molar-refractivity contribution in [2.24, 2.45) is 0 Å². The second-order valence-corrected chi connectivity index (χ2v) is 9.06. The second-order valence-electron chi connectivity index (χ2n) is 8.03. The van der Waals surface area contributed by atoms with Crippen LogP contribution < -0.4 is 10.2 Å². The van der Waals surface area contributed by atoms with Crippen molar-refractivity contribution in [1.82, 2.24) is 14.8 Å². The van der Waals surface area contributed by atoms with E-state index in [1.807, 2.05) is 16.8 Å². The molecule has 30 heavy (non-hydrogen) atoms. The van der Waals surface area contributed by atoms with Crippen LogP contribution in [0.3, 0.4) is 0 Å². The van der Waals surface area contributed by atoms with Crippen molar-refractivity contribution >= 4 is 23.5 Å². The zero-order valence-corrected chi connectivity index (χ0v) is 18.5. The van der Waals surface area contributed by atoms with Crippen LogP contribution in [0.25, 0.3) is 0 Å². The van der Waals surface area contributed by atoms with Crippen LogP contribution in [-0.4, -0.2) is 40.8 Å². The summed E-state index contributed by atoms with van der Waals surface area (Å²) in [5.74, 6) is 0.590. The molecule has 0 aliphatic carbocycles. The molecular formula is C23H28N5OS+. The Bertz CT molecular complexity index is 1040. The van der Waals surface area contributed by atoms with Crippen molar-refractivity contribution in [3.63, 3.8) is 0 Å². The lowest BCUT2D eigenvalue weighted by atomic mass is 10.1. The van der Waals surface area contributed by atoms with Crippen LogP contribution in [0.5, 0.6) is 0 Å². The Morgan fingerprint density at radius 1 is 1.17 bits per heavy atom. The number of quaternary nitrogens is 1. The van der Waals surface area contributed by atoms with E-state index in [0.29, 0.717) is 16.6 Å². The van der Waals surface area contributed by atoms with Crippen molar-refractivity contribution in [2.45, 2.75) is 42.7 Å². The van der Waals surface area contributed by atoms with Crippen LogP contribution in [0.2, 0.25) is 0 Å². The van der Waals surface area contributed by atoms with Crippen LogP contribution in [-0.2, 0) is 0 Å². The van der Waals surface area contributed by atoms with Gasteiger partial charge in [0.1, 0.15) is 10.8 Å². The third-order valence-electron chi connectivity index (χ3n) is 5.63. The van der Waals surface area contributed by atoms with Gasteiger partial charge in [-0.2, -0.15) is 5.10 Å². The van der Waals surface area contributed by atoms with Gasteiger partial charge in [0.05, 0.1) is 37.9 Å². The number of nitrogens with one attached hydrogen (secondary N) is 2. The second kappa shape index (κ2) is 9.02. The van der Waals surface area contributed by atoms with E-state index in [1.165, 1.54) is 22.9 Å². The molecule has 6 nitrogen and oxygen atoms in total. The van der Waals surface area contributed by atoms with Crippen molar-refractivity contribution < 1.29 is 9.69 Å². The van der Waals surface area contributed by atoms with Crippen molar-refractivity contribution in [3.05, 3.63) is 65.5 Å². The number of carbonyl (C=O) groups is 1. The average molecular weight is 423 g/mol. The van der Waals surface area contributed by atoms with Gasteiger partial charge in [0.2, 0.25) is 0 Å². The SMILES string of the molecule is Cc1ccc(C)c(Sc2ncccc2C(=O)Nc2ccnn2C2CC[NH+](C)CC2)c1. The van der Waals surface area contributed by atoms with Gasteiger partial charge in [-0.15, -0.1) is 0 Å². The summed E-state index contributed by atoms with van der Waals surface area (Å²) in [6.45, 7) is 6.39. The summed E-state index contributed by atoms with van der Waals surface area (Å²) < 4.78 is 1.97. The third kappa shape index (κ3) is 4.57. The molecule has 1 aliphatic rings. The highest BCUT2D eigenvalue weighted by Gasteiger charge is 2.24. The maximum absolute atomic E-state index is 13.2. The van der Waals surface area contributed by atoms with Crippen LogP contribution in [0.1, 0.15) is 40.4 Å². The maximum atomic E-state index is 13.2. The predicted molar refractivity (Wildman–Crippen MR) is 119 cm³/mol. The quantitative estimate of drug-likeness (QED) is 0.663. The van der Waals surface area contributed by atoms with Crippen molar-refractivity contribution in [2.75, 3.05) is 25.5 Å². The Labute approximate surface area is 181 Å². The Balaban J connectivity index is 1.54. The molecule has 1 amide bonds. The Kier molecular flexibility index (Phi) is 6.20. The van der Waals surface area contributed by atoms with E-state index in [1.54, 1.807) is 23.4 Å². The van der Waals surface area contributed by atoms with E-state index in [-0.39, 0.29) is 5.91 Å². The fourth-order valence-electron chi connectivity index (χ4n) is 3.79. The van der Waals surface area contributed by atoms with Gasteiger partial charge in [0, 0.05) is 30.0 Å². The monoisotopic (exact) mass is 422 g/mol. The number of amides is 1. The fraction of sp³-hybridized carbons (Fsp3) is 0.348. The van der Waals surface area contributed by atoms with E-state index < -0.39 is 0 Å². The molecule has 0 bridgehead atoms. The molecule has 0 atom stereocenters. The predicted octanol–water partition coefficient (Wildman–Crippen LogP) is 3.15. The van der Waals surface area contributed by atoms with E-state index in [0.717, 1.165) is 36.6 Å². The van der Waals surface area contributed by atoms with E-state index in [9.17, 15) is 4.79 Å². The first-order chi connectivity index (χ1) is 14.5. The Hall–Kier alpha value is -2.64. The number of nitrogens with zero attached hydrogens (tertiary/aromatic N) is 3. The third-order valence-corrected chi connectivity index (χ3v) is 6.81. The van der Waals surface area contributed by atoms with E-state index >= 15 is 0 Å². The van der Waals surface area contributed by atoms with Gasteiger partial charge in [-0.3, -0.25) is 4.79 Å². The topological polar surface area (TPSA) is 64.2 Å². The average Bonchev–Trinajstić information content (AvgIpc) is 3.19. The van der Waals surface area contributed by atoms with Crippen molar-refractivity contribution in [1.29, 1.82) is 0 Å². The summed E-state index contributed by atoms with van der Waals surface area (Å²) in [4.78, 5) is 20.3. The normalized spacial score (nSPS) is 18.9. The first kappa shape index (κ1) is 20.6. The minimum atomic E-state index is -0.156. The number of likely N-dealkylation sites (tertiary alicyclic amines) is 1. The van der Waals surface area contributed by atoms with Gasteiger partial charge in [0.25, 0.3) is 5.91 Å². The van der Waals surface area contributed by atoms with Crippen LogP contribution in [0, 0.1) is 13.8 Å². The molecule has 1 aromatic carbocycles. The molecule has 3 heterocycles. The molecule has 0 spiro atoms. The summed E-state index contributed by atoms with van der Waals surface area (Å²) in [6, 6.07) is 12.2. The molecule has 1 aliphatic heterocycles. The molecule has 1 fully saturated rings. The largest absolute Gasteiger partial charge is 0.337 e.